The molecular weight excluding hydrogens is 154 g/mol. The average molecular weight is 168 g/mol. The Morgan fingerprint density at radius 3 is 2.92 bits per heavy atom. The quantitative estimate of drug-likeness (QED) is 0.640. The fourth-order valence-electron chi connectivity index (χ4n) is 0.896. The van der Waals surface area contributed by atoms with Gasteiger partial charge in [0.25, 0.3) is 0 Å². The lowest BCUT2D eigenvalue weighted by molar-refractivity contribution is 0.108. The standard InChI is InChI=1S/C9H14NO2/c1-8-9(4-3-5-10-8)12-7-6-11-2/h3-5,10H,6-7H2,1-2H3. The predicted octanol–water partition coefficient (Wildman–Crippen LogP) is 1.20. The van der Waals surface area contributed by atoms with Crippen LogP contribution in [0.15, 0.2) is 24.1 Å². The highest BCUT2D eigenvalue weighted by Crippen LogP contribution is 2.14. The molecule has 1 N–H and O–H groups in total. The molecule has 3 heteroatoms. The molecule has 1 aliphatic rings. The van der Waals surface area contributed by atoms with Crippen LogP contribution in [0.4, 0.5) is 0 Å². The fraction of sp³-hybridized carbons (Fsp3) is 0.444. The number of dihydropyridines is 1. The van der Waals surface area contributed by atoms with Gasteiger partial charge < -0.3 is 14.8 Å². The van der Waals surface area contributed by atoms with Crippen molar-refractivity contribution in [3.05, 3.63) is 30.2 Å². The number of methoxy groups -OCH3 is 1. The third-order valence-corrected chi connectivity index (χ3v) is 1.56. The molecule has 0 aromatic rings. The fourth-order valence-corrected chi connectivity index (χ4v) is 0.896. The minimum atomic E-state index is 0.592. The van der Waals surface area contributed by atoms with E-state index in [1.165, 1.54) is 0 Å². The van der Waals surface area contributed by atoms with Gasteiger partial charge in [-0.25, -0.2) is 0 Å². The van der Waals surface area contributed by atoms with Gasteiger partial charge in [-0.2, -0.15) is 0 Å². The van der Waals surface area contributed by atoms with E-state index in [1.807, 2.05) is 25.3 Å². The third-order valence-electron chi connectivity index (χ3n) is 1.56. The van der Waals surface area contributed by atoms with Crippen molar-refractivity contribution in [3.63, 3.8) is 0 Å². The second kappa shape index (κ2) is 4.83. The molecule has 67 valence electrons. The minimum Gasteiger partial charge on any atom is -0.493 e. The van der Waals surface area contributed by atoms with Gasteiger partial charge in [-0.15, -0.1) is 0 Å². The number of rotatable bonds is 4. The van der Waals surface area contributed by atoms with Crippen molar-refractivity contribution in [1.82, 2.24) is 5.32 Å². The third kappa shape index (κ3) is 2.58. The Labute approximate surface area is 73.1 Å². The van der Waals surface area contributed by atoms with E-state index in [0.717, 1.165) is 11.8 Å². The summed E-state index contributed by atoms with van der Waals surface area (Å²) in [5.74, 6) is 0.884. The summed E-state index contributed by atoms with van der Waals surface area (Å²) >= 11 is 0. The van der Waals surface area contributed by atoms with Gasteiger partial charge in [0.05, 0.1) is 6.61 Å². The first-order valence-electron chi connectivity index (χ1n) is 3.93. The predicted molar refractivity (Wildman–Crippen MR) is 47.1 cm³/mol. The minimum absolute atomic E-state index is 0.592. The lowest BCUT2D eigenvalue weighted by Crippen LogP contribution is -2.19. The van der Waals surface area contributed by atoms with Crippen LogP contribution in [0.25, 0.3) is 0 Å². The van der Waals surface area contributed by atoms with E-state index in [1.54, 1.807) is 7.11 Å². The molecule has 0 saturated heterocycles. The maximum atomic E-state index is 5.42. The number of allylic oxidation sites excluding steroid dienone is 2. The summed E-state index contributed by atoms with van der Waals surface area (Å²) < 4.78 is 10.3. The topological polar surface area (TPSA) is 30.5 Å². The van der Waals surface area contributed by atoms with E-state index in [4.69, 9.17) is 9.47 Å². The highest BCUT2D eigenvalue weighted by molar-refractivity contribution is 5.25. The maximum Gasteiger partial charge on any atom is 0.124 e. The van der Waals surface area contributed by atoms with E-state index in [0.29, 0.717) is 13.2 Å². The van der Waals surface area contributed by atoms with Crippen LogP contribution in [0.3, 0.4) is 0 Å². The summed E-state index contributed by atoms with van der Waals surface area (Å²) in [4.78, 5) is 0. The summed E-state index contributed by atoms with van der Waals surface area (Å²) in [5, 5.41) is 3.06. The summed E-state index contributed by atoms with van der Waals surface area (Å²) in [6.07, 6.45) is 5.72. The van der Waals surface area contributed by atoms with Crippen LogP contribution >= 0.6 is 0 Å². The zero-order valence-electron chi connectivity index (χ0n) is 7.46. The summed E-state index contributed by atoms with van der Waals surface area (Å²) in [6.45, 7) is 3.19. The highest BCUT2D eigenvalue weighted by atomic mass is 16.5. The SMILES string of the molecule is COCCOC1=CC=CN[C]1C. The van der Waals surface area contributed by atoms with Crippen LogP contribution in [0.5, 0.6) is 0 Å². The van der Waals surface area contributed by atoms with Crippen molar-refractivity contribution in [1.29, 1.82) is 0 Å². The van der Waals surface area contributed by atoms with E-state index in [2.05, 4.69) is 5.32 Å². The monoisotopic (exact) mass is 168 g/mol. The van der Waals surface area contributed by atoms with Crippen LogP contribution in [-0.4, -0.2) is 20.3 Å². The lowest BCUT2D eigenvalue weighted by atomic mass is 10.2. The van der Waals surface area contributed by atoms with Crippen molar-refractivity contribution in [2.24, 2.45) is 0 Å². The van der Waals surface area contributed by atoms with Gasteiger partial charge in [0.1, 0.15) is 18.4 Å². The highest BCUT2D eigenvalue weighted by Gasteiger charge is 2.10. The van der Waals surface area contributed by atoms with E-state index in [9.17, 15) is 0 Å². The van der Waals surface area contributed by atoms with E-state index < -0.39 is 0 Å². The molecule has 0 saturated carbocycles. The van der Waals surface area contributed by atoms with Crippen LogP contribution in [0.1, 0.15) is 6.92 Å². The Morgan fingerprint density at radius 1 is 1.42 bits per heavy atom. The molecule has 1 aliphatic heterocycles. The molecule has 1 heterocycles. The summed E-state index contributed by atoms with van der Waals surface area (Å²) in [6, 6.07) is 1.04. The van der Waals surface area contributed by atoms with Crippen LogP contribution < -0.4 is 5.32 Å². The van der Waals surface area contributed by atoms with Crippen LogP contribution in [0.2, 0.25) is 0 Å². The molecule has 0 fully saturated rings. The van der Waals surface area contributed by atoms with Crippen molar-refractivity contribution in [3.8, 4) is 0 Å². The number of nitrogens with one attached hydrogen (secondary N) is 1. The molecule has 0 atom stereocenters. The molecule has 0 aromatic carbocycles. The molecule has 0 aromatic heterocycles. The van der Waals surface area contributed by atoms with E-state index >= 15 is 0 Å². The zero-order chi connectivity index (χ0) is 8.81. The van der Waals surface area contributed by atoms with Gasteiger partial charge in [0, 0.05) is 7.11 Å². The molecule has 0 aliphatic carbocycles. The lowest BCUT2D eigenvalue weighted by Gasteiger charge is -2.18. The molecule has 1 rings (SSSR count). The van der Waals surface area contributed by atoms with Gasteiger partial charge >= 0.3 is 0 Å². The molecule has 0 bridgehead atoms. The Bertz CT molecular complexity index is 187. The largest absolute Gasteiger partial charge is 0.493 e. The first kappa shape index (κ1) is 9.13. The Balaban J connectivity index is 2.29. The summed E-state index contributed by atoms with van der Waals surface area (Å²) in [7, 11) is 1.66. The number of hydrogen-bond acceptors (Lipinski definition) is 3. The molecule has 0 spiro atoms. The van der Waals surface area contributed by atoms with Gasteiger partial charge in [-0.05, 0) is 25.3 Å². The number of ether oxygens (including phenoxy) is 2. The molecule has 3 nitrogen and oxygen atoms in total. The Morgan fingerprint density at radius 2 is 2.25 bits per heavy atom. The Kier molecular flexibility index (Phi) is 3.67. The smallest absolute Gasteiger partial charge is 0.124 e. The van der Waals surface area contributed by atoms with Gasteiger partial charge in [0.2, 0.25) is 0 Å². The molecule has 0 unspecified atom stereocenters. The average Bonchev–Trinajstić information content (AvgIpc) is 2.09. The molecule has 1 radical (unpaired) electrons. The number of hydrogen-bond donors (Lipinski definition) is 1. The molecule has 12 heavy (non-hydrogen) atoms. The second-order valence-electron chi connectivity index (χ2n) is 2.50. The summed E-state index contributed by atoms with van der Waals surface area (Å²) in [5.41, 5.74) is 0. The van der Waals surface area contributed by atoms with Gasteiger partial charge in [0.15, 0.2) is 0 Å². The van der Waals surface area contributed by atoms with Gasteiger partial charge in [-0.1, -0.05) is 0 Å². The van der Waals surface area contributed by atoms with Crippen molar-refractivity contribution in [2.45, 2.75) is 6.92 Å². The first-order chi connectivity index (χ1) is 5.84. The van der Waals surface area contributed by atoms with Crippen LogP contribution in [-0.2, 0) is 9.47 Å². The van der Waals surface area contributed by atoms with Crippen molar-refractivity contribution < 1.29 is 9.47 Å². The normalized spacial score (nSPS) is 17.0. The van der Waals surface area contributed by atoms with Crippen LogP contribution in [0, 0.1) is 6.04 Å². The zero-order valence-corrected chi connectivity index (χ0v) is 7.46. The van der Waals surface area contributed by atoms with Crippen molar-refractivity contribution in [2.75, 3.05) is 20.3 Å². The van der Waals surface area contributed by atoms with Crippen molar-refractivity contribution >= 4 is 0 Å². The first-order valence-corrected chi connectivity index (χ1v) is 3.93. The maximum absolute atomic E-state index is 5.42. The van der Waals surface area contributed by atoms with E-state index in [-0.39, 0.29) is 0 Å². The molecular formula is C9H14NO2. The molecule has 0 amide bonds. The second-order valence-corrected chi connectivity index (χ2v) is 2.50. The van der Waals surface area contributed by atoms with Gasteiger partial charge in [-0.3, -0.25) is 0 Å². The Hall–Kier alpha value is -0.960.